The molecule has 8 aromatic carbocycles. The van der Waals surface area contributed by atoms with Gasteiger partial charge in [0.15, 0.2) is 0 Å². The van der Waals surface area contributed by atoms with Gasteiger partial charge in [-0.1, -0.05) is 157 Å². The monoisotopic (exact) mass is 697 g/mol. The van der Waals surface area contributed by atoms with Crippen molar-refractivity contribution < 1.29 is 0 Å². The van der Waals surface area contributed by atoms with E-state index >= 15 is 0 Å². The summed E-state index contributed by atoms with van der Waals surface area (Å²) in [6, 6.07) is 57.3. The quantitative estimate of drug-likeness (QED) is 0.166. The maximum Gasteiger partial charge on any atom is 0.0543 e. The highest BCUT2D eigenvalue weighted by molar-refractivity contribution is 6.25. The zero-order valence-corrected chi connectivity index (χ0v) is 32.3. The Morgan fingerprint density at radius 3 is 1.63 bits per heavy atom. The molecule has 2 aliphatic rings. The summed E-state index contributed by atoms with van der Waals surface area (Å²) in [6.45, 7) is 14.5. The lowest BCUT2D eigenvalue weighted by Crippen LogP contribution is -2.33. The molecule has 0 saturated carbocycles. The van der Waals surface area contributed by atoms with Gasteiger partial charge < -0.3 is 4.90 Å². The first-order valence-corrected chi connectivity index (χ1v) is 19.7. The van der Waals surface area contributed by atoms with Gasteiger partial charge in [-0.2, -0.15) is 0 Å². The van der Waals surface area contributed by atoms with E-state index in [0.29, 0.717) is 0 Å². The van der Waals surface area contributed by atoms with Gasteiger partial charge in [0.25, 0.3) is 0 Å². The normalized spacial score (nSPS) is 16.3. The fourth-order valence-electron chi connectivity index (χ4n) is 9.95. The highest BCUT2D eigenvalue weighted by atomic mass is 15.1. The van der Waals surface area contributed by atoms with Crippen LogP contribution in [0.25, 0.3) is 54.6 Å². The molecule has 264 valence electrons. The number of hydrogen-bond acceptors (Lipinski definition) is 1. The Morgan fingerprint density at radius 1 is 0.370 bits per heavy atom. The molecule has 8 aromatic rings. The fraction of sp³-hybridized carbons (Fsp3) is 0.208. The summed E-state index contributed by atoms with van der Waals surface area (Å²) in [6.07, 6.45) is 2.39. The molecule has 54 heavy (non-hydrogen) atoms. The van der Waals surface area contributed by atoms with Gasteiger partial charge in [0, 0.05) is 22.4 Å². The molecule has 0 N–H and O–H groups in total. The van der Waals surface area contributed by atoms with Crippen molar-refractivity contribution in [3.8, 4) is 22.3 Å². The Morgan fingerprint density at radius 2 is 0.944 bits per heavy atom. The van der Waals surface area contributed by atoms with E-state index in [2.05, 4.69) is 198 Å². The van der Waals surface area contributed by atoms with Gasteiger partial charge in [-0.3, -0.25) is 0 Å². The summed E-state index contributed by atoms with van der Waals surface area (Å²) >= 11 is 0. The Balaban J connectivity index is 1.29. The molecule has 1 nitrogen and oxygen atoms in total. The molecule has 0 bridgehead atoms. The van der Waals surface area contributed by atoms with Crippen molar-refractivity contribution in [2.45, 2.75) is 70.6 Å². The van der Waals surface area contributed by atoms with E-state index < -0.39 is 0 Å². The average molecular weight is 698 g/mol. The van der Waals surface area contributed by atoms with Crippen LogP contribution >= 0.6 is 0 Å². The number of anilines is 3. The molecule has 10 rings (SSSR count). The standard InChI is InChI=1S/C53H47N/c1-51(2)28-29-52(3,4)49-30-34(24-27-47(49)51)43-32-45-42-22-14-15-23-46(42)53(5,6)48(45)33-50(43)54(35-16-8-7-9-17-35)36-25-26-41-39-20-11-10-18-37(39)38-19-12-13-21-40(38)44(41)31-36/h7-27,30-33H,28-29H2,1-6H3. The van der Waals surface area contributed by atoms with E-state index in [1.165, 1.54) is 95.4 Å². The van der Waals surface area contributed by atoms with E-state index in [9.17, 15) is 0 Å². The van der Waals surface area contributed by atoms with Crippen LogP contribution in [0.1, 0.15) is 76.6 Å². The lowest BCUT2D eigenvalue weighted by molar-refractivity contribution is 0.332. The lowest BCUT2D eigenvalue weighted by atomic mass is 9.63. The summed E-state index contributed by atoms with van der Waals surface area (Å²) < 4.78 is 0. The number of nitrogens with zero attached hydrogens (tertiary/aromatic N) is 1. The smallest absolute Gasteiger partial charge is 0.0543 e. The molecule has 0 fully saturated rings. The first-order valence-electron chi connectivity index (χ1n) is 19.7. The van der Waals surface area contributed by atoms with Gasteiger partial charge in [0.05, 0.1) is 5.69 Å². The van der Waals surface area contributed by atoms with E-state index in [1.54, 1.807) is 0 Å². The molecule has 2 aliphatic carbocycles. The zero-order valence-electron chi connectivity index (χ0n) is 32.3. The molecular formula is C53H47N. The number of hydrogen-bond donors (Lipinski definition) is 0. The predicted octanol–water partition coefficient (Wildman–Crippen LogP) is 14.9. The molecule has 0 atom stereocenters. The average Bonchev–Trinajstić information content (AvgIpc) is 3.42. The summed E-state index contributed by atoms with van der Waals surface area (Å²) in [5.74, 6) is 0. The maximum atomic E-state index is 2.54. The van der Waals surface area contributed by atoms with Crippen LogP contribution in [0, 0.1) is 0 Å². The molecule has 0 unspecified atom stereocenters. The number of rotatable bonds is 4. The number of fused-ring (bicyclic) bond motifs is 10. The first-order chi connectivity index (χ1) is 26.0. The van der Waals surface area contributed by atoms with Gasteiger partial charge in [-0.05, 0) is 131 Å². The summed E-state index contributed by atoms with van der Waals surface area (Å²) in [7, 11) is 0. The van der Waals surface area contributed by atoms with Gasteiger partial charge in [0.2, 0.25) is 0 Å². The molecule has 0 saturated heterocycles. The lowest BCUT2D eigenvalue weighted by Gasteiger charge is -2.42. The molecule has 0 amide bonds. The molecule has 1 heteroatoms. The SMILES string of the molecule is CC1(C)CCC(C)(C)c2cc(-c3cc4c(cc3N(c3ccccc3)c3ccc5c6ccccc6c6ccccc6c5c3)C(C)(C)c3ccccc3-4)ccc21. The topological polar surface area (TPSA) is 3.24 Å². The molecule has 0 spiro atoms. The third-order valence-corrected chi connectivity index (χ3v) is 13.1. The van der Waals surface area contributed by atoms with Crippen LogP contribution in [0.4, 0.5) is 17.1 Å². The number of benzene rings is 8. The van der Waals surface area contributed by atoms with Crippen molar-refractivity contribution >= 4 is 49.4 Å². The van der Waals surface area contributed by atoms with Crippen molar-refractivity contribution in [1.82, 2.24) is 0 Å². The second-order valence-electron chi connectivity index (χ2n) is 17.6. The molecule has 0 radical (unpaired) electrons. The largest absolute Gasteiger partial charge is 0.310 e. The minimum Gasteiger partial charge on any atom is -0.310 e. The minimum atomic E-state index is -0.137. The van der Waals surface area contributed by atoms with Crippen molar-refractivity contribution in [3.63, 3.8) is 0 Å². The van der Waals surface area contributed by atoms with Crippen molar-refractivity contribution in [2.75, 3.05) is 4.90 Å². The van der Waals surface area contributed by atoms with Gasteiger partial charge >= 0.3 is 0 Å². The van der Waals surface area contributed by atoms with Crippen LogP contribution in [0.15, 0.2) is 152 Å². The maximum absolute atomic E-state index is 2.54. The third-order valence-electron chi connectivity index (χ3n) is 13.1. The molecule has 0 heterocycles. The van der Waals surface area contributed by atoms with E-state index in [-0.39, 0.29) is 16.2 Å². The Kier molecular flexibility index (Phi) is 7.12. The summed E-state index contributed by atoms with van der Waals surface area (Å²) in [4.78, 5) is 2.52. The predicted molar refractivity (Wildman–Crippen MR) is 232 cm³/mol. The van der Waals surface area contributed by atoms with E-state index in [1.807, 2.05) is 0 Å². The van der Waals surface area contributed by atoms with Crippen LogP contribution in [0.5, 0.6) is 0 Å². The van der Waals surface area contributed by atoms with E-state index in [4.69, 9.17) is 0 Å². The first kappa shape index (κ1) is 32.9. The number of para-hydroxylation sites is 1. The van der Waals surface area contributed by atoms with Crippen molar-refractivity contribution in [3.05, 3.63) is 174 Å². The zero-order chi connectivity index (χ0) is 37.0. The molecule has 0 aliphatic heterocycles. The van der Waals surface area contributed by atoms with Crippen LogP contribution in [-0.2, 0) is 16.2 Å². The van der Waals surface area contributed by atoms with Crippen LogP contribution in [-0.4, -0.2) is 0 Å². The van der Waals surface area contributed by atoms with Crippen LogP contribution < -0.4 is 4.90 Å². The Labute approximate surface area is 319 Å². The second-order valence-corrected chi connectivity index (χ2v) is 17.6. The molecule has 0 aromatic heterocycles. The van der Waals surface area contributed by atoms with E-state index in [0.717, 1.165) is 11.4 Å². The van der Waals surface area contributed by atoms with Crippen molar-refractivity contribution in [1.29, 1.82) is 0 Å². The Bertz CT molecular complexity index is 2760. The van der Waals surface area contributed by atoms with Crippen LogP contribution in [0.2, 0.25) is 0 Å². The van der Waals surface area contributed by atoms with Gasteiger partial charge in [-0.25, -0.2) is 0 Å². The summed E-state index contributed by atoms with van der Waals surface area (Å²) in [5, 5.41) is 7.73. The highest BCUT2D eigenvalue weighted by Gasteiger charge is 2.39. The van der Waals surface area contributed by atoms with Crippen LogP contribution in [0.3, 0.4) is 0 Å². The minimum absolute atomic E-state index is 0.105. The van der Waals surface area contributed by atoms with Gasteiger partial charge in [-0.15, -0.1) is 0 Å². The highest BCUT2D eigenvalue weighted by Crippen LogP contribution is 2.55. The Hall–Kier alpha value is -5.66. The fourth-order valence-corrected chi connectivity index (χ4v) is 9.95. The second kappa shape index (κ2) is 11.7. The van der Waals surface area contributed by atoms with Gasteiger partial charge in [0.1, 0.15) is 0 Å². The third kappa shape index (κ3) is 4.84. The molecular weight excluding hydrogens is 651 g/mol. The van der Waals surface area contributed by atoms with Crippen molar-refractivity contribution in [2.24, 2.45) is 0 Å². The summed E-state index contributed by atoms with van der Waals surface area (Å²) in [5.41, 5.74) is 14.6.